The van der Waals surface area contributed by atoms with Crippen molar-refractivity contribution in [1.82, 2.24) is 20.2 Å². The molecule has 26 heavy (non-hydrogen) atoms. The highest BCUT2D eigenvalue weighted by Gasteiger charge is 2.16. The van der Waals surface area contributed by atoms with E-state index in [4.69, 9.17) is 0 Å². The van der Waals surface area contributed by atoms with E-state index in [0.717, 1.165) is 40.8 Å². The van der Waals surface area contributed by atoms with E-state index < -0.39 is 0 Å². The van der Waals surface area contributed by atoms with Crippen molar-refractivity contribution in [2.75, 3.05) is 26.2 Å². The molecule has 1 aliphatic heterocycles. The summed E-state index contributed by atoms with van der Waals surface area (Å²) in [5.74, 6) is 1.35. The van der Waals surface area contributed by atoms with Gasteiger partial charge in [0.25, 0.3) is 5.56 Å². The third kappa shape index (κ3) is 4.51. The zero-order valence-electron chi connectivity index (χ0n) is 15.9. The molecule has 2 aromatic heterocycles. The van der Waals surface area contributed by atoms with Crippen LogP contribution in [-0.2, 0) is 11.2 Å². The monoisotopic (exact) mass is 376 g/mol. The van der Waals surface area contributed by atoms with Crippen molar-refractivity contribution in [1.29, 1.82) is 0 Å². The van der Waals surface area contributed by atoms with Gasteiger partial charge in [0, 0.05) is 37.4 Å². The molecule has 0 aliphatic carbocycles. The summed E-state index contributed by atoms with van der Waals surface area (Å²) in [6, 6.07) is 0. The van der Waals surface area contributed by atoms with Crippen LogP contribution in [0.3, 0.4) is 0 Å². The number of hydrogen-bond donors (Lipinski definition) is 2. The zero-order chi connectivity index (χ0) is 18.7. The number of likely N-dealkylation sites (tertiary alicyclic amines) is 1. The van der Waals surface area contributed by atoms with Crippen LogP contribution in [0, 0.1) is 19.8 Å². The summed E-state index contributed by atoms with van der Waals surface area (Å²) >= 11 is 1.53. The summed E-state index contributed by atoms with van der Waals surface area (Å²) in [6.45, 7) is 10.1. The first-order valence-corrected chi connectivity index (χ1v) is 10.2. The molecule has 0 aromatic carbocycles. The molecule has 3 heterocycles. The van der Waals surface area contributed by atoms with E-state index in [1.165, 1.54) is 24.2 Å². The van der Waals surface area contributed by atoms with Gasteiger partial charge in [-0.05, 0) is 44.7 Å². The Balaban J connectivity index is 1.48. The Kier molecular flexibility index (Phi) is 6.09. The van der Waals surface area contributed by atoms with Gasteiger partial charge < -0.3 is 15.2 Å². The Morgan fingerprint density at radius 2 is 2.23 bits per heavy atom. The Morgan fingerprint density at radius 1 is 1.42 bits per heavy atom. The third-order valence-electron chi connectivity index (χ3n) is 5.17. The van der Waals surface area contributed by atoms with Gasteiger partial charge in [-0.2, -0.15) is 0 Å². The van der Waals surface area contributed by atoms with Crippen molar-refractivity contribution in [3.63, 3.8) is 0 Å². The molecule has 0 radical (unpaired) electrons. The van der Waals surface area contributed by atoms with Crippen molar-refractivity contribution < 1.29 is 4.79 Å². The molecule has 0 saturated carbocycles. The lowest BCUT2D eigenvalue weighted by atomic mass is 10.0. The van der Waals surface area contributed by atoms with Gasteiger partial charge >= 0.3 is 0 Å². The fraction of sp³-hybridized carbons (Fsp3) is 0.632. The van der Waals surface area contributed by atoms with Crippen LogP contribution < -0.4 is 10.9 Å². The molecule has 3 rings (SSSR count). The number of carbonyl (C=O) groups is 1. The molecule has 7 heteroatoms. The van der Waals surface area contributed by atoms with Crippen LogP contribution in [0.15, 0.2) is 4.79 Å². The second kappa shape index (κ2) is 8.31. The first-order chi connectivity index (χ1) is 12.4. The van der Waals surface area contributed by atoms with E-state index in [2.05, 4.69) is 27.1 Å². The molecule has 1 atom stereocenters. The van der Waals surface area contributed by atoms with Crippen molar-refractivity contribution in [2.24, 2.45) is 5.92 Å². The van der Waals surface area contributed by atoms with Crippen LogP contribution in [0.4, 0.5) is 0 Å². The number of rotatable bonds is 6. The van der Waals surface area contributed by atoms with Gasteiger partial charge in [0.1, 0.15) is 10.7 Å². The van der Waals surface area contributed by atoms with E-state index in [1.54, 1.807) is 0 Å². The zero-order valence-corrected chi connectivity index (χ0v) is 16.7. The topological polar surface area (TPSA) is 78.1 Å². The molecular formula is C19H28N4O2S. The predicted molar refractivity (Wildman–Crippen MR) is 106 cm³/mol. The maximum absolute atomic E-state index is 12.3. The highest BCUT2D eigenvalue weighted by Crippen LogP contribution is 2.25. The Hall–Kier alpha value is -1.73. The third-order valence-corrected chi connectivity index (χ3v) is 6.27. The van der Waals surface area contributed by atoms with Gasteiger partial charge in [0.2, 0.25) is 5.91 Å². The molecular weight excluding hydrogens is 348 g/mol. The number of hydrogen-bond acceptors (Lipinski definition) is 5. The van der Waals surface area contributed by atoms with E-state index in [1.807, 2.05) is 13.8 Å². The number of aromatic amines is 1. The molecule has 1 amide bonds. The van der Waals surface area contributed by atoms with Crippen molar-refractivity contribution in [3.8, 4) is 0 Å². The lowest BCUT2D eigenvalue weighted by Gasteiger charge is -2.30. The Bertz CT molecular complexity index is 842. The molecule has 0 bridgehead atoms. The summed E-state index contributed by atoms with van der Waals surface area (Å²) in [6.07, 6.45) is 3.35. The maximum atomic E-state index is 12.3. The van der Waals surface area contributed by atoms with E-state index in [0.29, 0.717) is 30.6 Å². The van der Waals surface area contributed by atoms with Gasteiger partial charge in [0.05, 0.1) is 5.39 Å². The van der Waals surface area contributed by atoms with E-state index in [-0.39, 0.29) is 11.5 Å². The molecule has 1 fully saturated rings. The molecule has 1 saturated heterocycles. The van der Waals surface area contributed by atoms with Crippen LogP contribution in [0.1, 0.15) is 42.5 Å². The standard InChI is InChI=1S/C19H28N4O2S/c1-12-5-4-9-23(11-12)10-8-20-16(24)7-6-15-21-18(25)17-13(2)14(3)26-19(17)22-15/h12H,4-11H2,1-3H3,(H,20,24)(H,21,22,25). The number of piperidine rings is 1. The molecule has 1 aliphatic rings. The number of amides is 1. The number of H-pyrrole nitrogens is 1. The Labute approximate surface area is 158 Å². The summed E-state index contributed by atoms with van der Waals surface area (Å²) in [4.78, 5) is 36.0. The van der Waals surface area contributed by atoms with Gasteiger partial charge in [-0.3, -0.25) is 9.59 Å². The lowest BCUT2D eigenvalue weighted by molar-refractivity contribution is -0.121. The number of aromatic nitrogens is 2. The number of thiophene rings is 1. The Morgan fingerprint density at radius 3 is 3.00 bits per heavy atom. The molecule has 6 nitrogen and oxygen atoms in total. The van der Waals surface area contributed by atoms with Crippen LogP contribution in [0.25, 0.3) is 10.2 Å². The highest BCUT2D eigenvalue weighted by molar-refractivity contribution is 7.18. The first-order valence-electron chi connectivity index (χ1n) is 9.42. The minimum absolute atomic E-state index is 0.0105. The van der Waals surface area contributed by atoms with Crippen LogP contribution in [0.2, 0.25) is 0 Å². The molecule has 1 unspecified atom stereocenters. The number of carbonyl (C=O) groups excluding carboxylic acids is 1. The smallest absolute Gasteiger partial charge is 0.259 e. The molecule has 2 aromatic rings. The lowest BCUT2D eigenvalue weighted by Crippen LogP contribution is -2.40. The van der Waals surface area contributed by atoms with Crippen LogP contribution in [-0.4, -0.2) is 47.0 Å². The number of aryl methyl sites for hydroxylation is 3. The maximum Gasteiger partial charge on any atom is 0.259 e. The second-order valence-corrected chi connectivity index (χ2v) is 8.58. The molecule has 142 valence electrons. The second-order valence-electron chi connectivity index (χ2n) is 7.37. The minimum atomic E-state index is -0.105. The molecule has 2 N–H and O–H groups in total. The SMILES string of the molecule is Cc1sc2nc(CCC(=O)NCCN3CCCC(C)C3)[nH]c(=O)c2c1C. The van der Waals surface area contributed by atoms with Gasteiger partial charge in [-0.15, -0.1) is 11.3 Å². The van der Waals surface area contributed by atoms with E-state index >= 15 is 0 Å². The minimum Gasteiger partial charge on any atom is -0.355 e. The van der Waals surface area contributed by atoms with Crippen LogP contribution in [0.5, 0.6) is 0 Å². The fourth-order valence-corrected chi connectivity index (χ4v) is 4.63. The summed E-state index contributed by atoms with van der Waals surface area (Å²) in [7, 11) is 0. The first kappa shape index (κ1) is 19.0. The van der Waals surface area contributed by atoms with Crippen molar-refractivity contribution >= 4 is 27.5 Å². The average Bonchev–Trinajstić information content (AvgIpc) is 2.88. The van der Waals surface area contributed by atoms with Gasteiger partial charge in [0.15, 0.2) is 0 Å². The number of fused-ring (bicyclic) bond motifs is 1. The van der Waals surface area contributed by atoms with Gasteiger partial charge in [-0.1, -0.05) is 6.92 Å². The summed E-state index contributed by atoms with van der Waals surface area (Å²) < 4.78 is 0. The van der Waals surface area contributed by atoms with E-state index in [9.17, 15) is 9.59 Å². The summed E-state index contributed by atoms with van der Waals surface area (Å²) in [5.41, 5.74) is 0.890. The predicted octanol–water partition coefficient (Wildman–Crippen LogP) is 2.38. The van der Waals surface area contributed by atoms with Gasteiger partial charge in [-0.25, -0.2) is 4.98 Å². The number of nitrogens with one attached hydrogen (secondary N) is 2. The average molecular weight is 377 g/mol. The number of nitrogens with zero attached hydrogens (tertiary/aromatic N) is 2. The normalized spacial score (nSPS) is 18.3. The van der Waals surface area contributed by atoms with Crippen LogP contribution >= 0.6 is 11.3 Å². The highest BCUT2D eigenvalue weighted by atomic mass is 32.1. The largest absolute Gasteiger partial charge is 0.355 e. The molecule has 0 spiro atoms. The quantitative estimate of drug-likeness (QED) is 0.811. The van der Waals surface area contributed by atoms with Crippen molar-refractivity contribution in [3.05, 3.63) is 26.6 Å². The summed E-state index contributed by atoms with van der Waals surface area (Å²) in [5, 5.41) is 3.66. The fourth-order valence-electron chi connectivity index (χ4n) is 3.58. The van der Waals surface area contributed by atoms with Crippen molar-refractivity contribution in [2.45, 2.75) is 46.5 Å².